The first kappa shape index (κ1) is 17.3. The summed E-state index contributed by atoms with van der Waals surface area (Å²) in [4.78, 5) is 4.44. The van der Waals surface area contributed by atoms with Crippen molar-refractivity contribution in [2.75, 3.05) is 0 Å². The van der Waals surface area contributed by atoms with E-state index in [1.54, 1.807) is 0 Å². The van der Waals surface area contributed by atoms with Gasteiger partial charge in [-0.1, -0.05) is 38.6 Å². The molecular formula is C18H23F2N. The number of aryl methyl sites for hydroxylation is 2. The maximum absolute atomic E-state index is 14.0. The highest BCUT2D eigenvalue weighted by atomic mass is 19.3. The standard InChI is InChI=1S/C18H23F2N/c1-6-11-18(19,20)14(5)16(8-3)21-17-12-15(7-2)10-9-13(17)4/h6,9-10,12H,1,5,7-8,11H2,2-4H3/b21-16-. The van der Waals surface area contributed by atoms with E-state index in [1.165, 1.54) is 6.08 Å². The number of halogens is 2. The lowest BCUT2D eigenvalue weighted by Gasteiger charge is -2.19. The molecule has 1 rings (SSSR count). The Hall–Kier alpha value is -1.77. The molecule has 1 aromatic carbocycles. The molecule has 1 aromatic rings. The first-order chi connectivity index (χ1) is 9.85. The summed E-state index contributed by atoms with van der Waals surface area (Å²) >= 11 is 0. The van der Waals surface area contributed by atoms with E-state index in [0.29, 0.717) is 12.1 Å². The Bertz CT molecular complexity index is 556. The number of allylic oxidation sites excluding steroid dienone is 2. The van der Waals surface area contributed by atoms with Gasteiger partial charge in [0, 0.05) is 17.7 Å². The number of nitrogens with zero attached hydrogens (tertiary/aromatic N) is 1. The average molecular weight is 291 g/mol. The van der Waals surface area contributed by atoms with E-state index >= 15 is 0 Å². The number of hydrogen-bond acceptors (Lipinski definition) is 1. The second-order valence-electron chi connectivity index (χ2n) is 5.06. The zero-order valence-electron chi connectivity index (χ0n) is 13.0. The van der Waals surface area contributed by atoms with E-state index in [0.717, 1.165) is 23.2 Å². The molecule has 0 bridgehead atoms. The van der Waals surface area contributed by atoms with Crippen LogP contribution in [-0.4, -0.2) is 11.6 Å². The van der Waals surface area contributed by atoms with E-state index in [1.807, 2.05) is 32.0 Å². The fourth-order valence-electron chi connectivity index (χ4n) is 2.02. The van der Waals surface area contributed by atoms with Crippen molar-refractivity contribution in [1.82, 2.24) is 0 Å². The van der Waals surface area contributed by atoms with Gasteiger partial charge in [-0.25, -0.2) is 8.78 Å². The average Bonchev–Trinajstić information content (AvgIpc) is 2.45. The Balaban J connectivity index is 3.20. The molecule has 1 nitrogen and oxygen atoms in total. The highest BCUT2D eigenvalue weighted by Crippen LogP contribution is 2.31. The van der Waals surface area contributed by atoms with Gasteiger partial charge in [-0.3, -0.25) is 4.99 Å². The molecular weight excluding hydrogens is 268 g/mol. The smallest absolute Gasteiger partial charge is 0.253 e. The summed E-state index contributed by atoms with van der Waals surface area (Å²) in [5, 5.41) is 0. The summed E-state index contributed by atoms with van der Waals surface area (Å²) in [6.45, 7) is 12.7. The minimum atomic E-state index is -2.99. The van der Waals surface area contributed by atoms with Crippen LogP contribution in [0.1, 0.15) is 37.8 Å². The minimum Gasteiger partial charge on any atom is -0.253 e. The van der Waals surface area contributed by atoms with Crippen molar-refractivity contribution in [1.29, 1.82) is 0 Å². The molecule has 0 aromatic heterocycles. The Morgan fingerprint density at radius 3 is 2.52 bits per heavy atom. The molecule has 114 valence electrons. The van der Waals surface area contributed by atoms with Gasteiger partial charge >= 0.3 is 0 Å². The Morgan fingerprint density at radius 2 is 2.00 bits per heavy atom. The van der Waals surface area contributed by atoms with Crippen molar-refractivity contribution in [3.8, 4) is 0 Å². The van der Waals surface area contributed by atoms with Gasteiger partial charge in [-0.15, -0.1) is 6.58 Å². The van der Waals surface area contributed by atoms with Crippen LogP contribution in [0.25, 0.3) is 0 Å². The SMILES string of the molecule is C=CCC(F)(F)C(=C)/C(CC)=N\c1cc(CC)ccc1C. The van der Waals surface area contributed by atoms with Crippen molar-refractivity contribution >= 4 is 11.4 Å². The van der Waals surface area contributed by atoms with Crippen LogP contribution in [0, 0.1) is 6.92 Å². The number of aliphatic imine (C=N–C) groups is 1. The van der Waals surface area contributed by atoms with Crippen molar-refractivity contribution in [3.63, 3.8) is 0 Å². The maximum Gasteiger partial charge on any atom is 0.277 e. The number of rotatable bonds is 7. The van der Waals surface area contributed by atoms with E-state index in [-0.39, 0.29) is 5.57 Å². The maximum atomic E-state index is 14.0. The molecule has 0 amide bonds. The summed E-state index contributed by atoms with van der Waals surface area (Å²) in [5.74, 6) is -2.99. The molecule has 21 heavy (non-hydrogen) atoms. The Labute approximate surface area is 126 Å². The molecule has 0 saturated carbocycles. The third-order valence-corrected chi connectivity index (χ3v) is 3.46. The summed E-state index contributed by atoms with van der Waals surface area (Å²) in [7, 11) is 0. The van der Waals surface area contributed by atoms with Gasteiger partial charge < -0.3 is 0 Å². The van der Waals surface area contributed by atoms with E-state index < -0.39 is 12.3 Å². The van der Waals surface area contributed by atoms with Crippen molar-refractivity contribution in [2.45, 2.75) is 46.0 Å². The molecule has 0 aliphatic carbocycles. The summed E-state index contributed by atoms with van der Waals surface area (Å²) in [6.07, 6.45) is 2.10. The molecule has 0 aliphatic rings. The van der Waals surface area contributed by atoms with Crippen LogP contribution in [0.4, 0.5) is 14.5 Å². The molecule has 0 radical (unpaired) electrons. The van der Waals surface area contributed by atoms with Crippen LogP contribution < -0.4 is 0 Å². The zero-order valence-corrected chi connectivity index (χ0v) is 13.0. The van der Waals surface area contributed by atoms with E-state index in [4.69, 9.17) is 0 Å². The molecule has 0 N–H and O–H groups in total. The van der Waals surface area contributed by atoms with Gasteiger partial charge in [0.15, 0.2) is 0 Å². The Kier molecular flexibility index (Phi) is 6.01. The van der Waals surface area contributed by atoms with Gasteiger partial charge in [0.1, 0.15) is 0 Å². The van der Waals surface area contributed by atoms with Crippen LogP contribution >= 0.6 is 0 Å². The summed E-state index contributed by atoms with van der Waals surface area (Å²) < 4.78 is 27.9. The predicted octanol–water partition coefficient (Wildman–Crippen LogP) is 5.81. The van der Waals surface area contributed by atoms with Crippen LogP contribution in [0.5, 0.6) is 0 Å². The molecule has 0 unspecified atom stereocenters. The van der Waals surface area contributed by atoms with Gasteiger partial charge in [0.2, 0.25) is 0 Å². The molecule has 0 atom stereocenters. The molecule has 0 heterocycles. The second-order valence-corrected chi connectivity index (χ2v) is 5.06. The third-order valence-electron chi connectivity index (χ3n) is 3.46. The molecule has 3 heteroatoms. The summed E-state index contributed by atoms with van der Waals surface area (Å²) in [5.41, 5.74) is 2.97. The topological polar surface area (TPSA) is 12.4 Å². The fourth-order valence-corrected chi connectivity index (χ4v) is 2.02. The van der Waals surface area contributed by atoms with Gasteiger partial charge in [0.05, 0.1) is 5.69 Å². The number of benzene rings is 1. The third kappa shape index (κ3) is 4.35. The lowest BCUT2D eigenvalue weighted by molar-refractivity contribution is 0.0519. The van der Waals surface area contributed by atoms with Gasteiger partial charge in [0.25, 0.3) is 5.92 Å². The first-order valence-electron chi connectivity index (χ1n) is 7.21. The largest absolute Gasteiger partial charge is 0.277 e. The van der Waals surface area contributed by atoms with Crippen LogP contribution in [0.2, 0.25) is 0 Å². The van der Waals surface area contributed by atoms with Crippen LogP contribution in [-0.2, 0) is 6.42 Å². The fraction of sp³-hybridized carbons (Fsp3) is 0.389. The predicted molar refractivity (Wildman–Crippen MR) is 86.8 cm³/mol. The van der Waals surface area contributed by atoms with Crippen LogP contribution in [0.15, 0.2) is 48.0 Å². The van der Waals surface area contributed by atoms with Crippen LogP contribution in [0.3, 0.4) is 0 Å². The van der Waals surface area contributed by atoms with Gasteiger partial charge in [-0.2, -0.15) is 0 Å². The normalized spacial score (nSPS) is 12.3. The zero-order chi connectivity index (χ0) is 16.0. The second kappa shape index (κ2) is 7.30. The molecule has 0 fully saturated rings. The molecule has 0 saturated heterocycles. The quantitative estimate of drug-likeness (QED) is 0.444. The van der Waals surface area contributed by atoms with E-state index in [2.05, 4.69) is 25.1 Å². The highest BCUT2D eigenvalue weighted by molar-refractivity contribution is 6.02. The van der Waals surface area contributed by atoms with Crippen molar-refractivity contribution < 1.29 is 8.78 Å². The lowest BCUT2D eigenvalue weighted by Crippen LogP contribution is -2.23. The number of hydrogen-bond donors (Lipinski definition) is 0. The van der Waals surface area contributed by atoms with Gasteiger partial charge in [-0.05, 0) is 37.0 Å². The number of alkyl halides is 2. The molecule has 0 spiro atoms. The molecule has 0 aliphatic heterocycles. The first-order valence-corrected chi connectivity index (χ1v) is 7.21. The Morgan fingerprint density at radius 1 is 1.33 bits per heavy atom. The summed E-state index contributed by atoms with van der Waals surface area (Å²) in [6, 6.07) is 5.95. The van der Waals surface area contributed by atoms with E-state index in [9.17, 15) is 8.78 Å². The highest BCUT2D eigenvalue weighted by Gasteiger charge is 2.33. The lowest BCUT2D eigenvalue weighted by atomic mass is 10.00. The van der Waals surface area contributed by atoms with Crippen molar-refractivity contribution in [2.24, 2.45) is 4.99 Å². The monoisotopic (exact) mass is 291 g/mol. The minimum absolute atomic E-state index is 0.216. The van der Waals surface area contributed by atoms with Crippen molar-refractivity contribution in [3.05, 3.63) is 54.1 Å².